The second-order valence-electron chi connectivity index (χ2n) is 2.44. The number of ether oxygens (including phenoxy) is 1. The van der Waals surface area contributed by atoms with E-state index in [1.165, 1.54) is 0 Å². The summed E-state index contributed by atoms with van der Waals surface area (Å²) >= 11 is 6.71. The molecular weight excluding hydrogens is 296 g/mol. The molecule has 0 bridgehead atoms. The molecule has 0 aliphatic rings. The van der Waals surface area contributed by atoms with E-state index in [0.29, 0.717) is 13.2 Å². The number of halogens is 2. The molecule has 0 rings (SSSR count). The Labute approximate surface area is 97.5 Å². The predicted molar refractivity (Wildman–Crippen MR) is 65.9 cm³/mol. The number of hydrogen-bond donors (Lipinski definition) is 0. The van der Waals surface area contributed by atoms with Gasteiger partial charge in [0.05, 0.1) is 13.2 Å². The largest absolute Gasteiger partial charge is 0.373 e. The maximum atomic E-state index is 5.32. The molecule has 0 amide bonds. The van der Waals surface area contributed by atoms with Crippen LogP contribution in [0.25, 0.3) is 0 Å². The zero-order chi connectivity index (χ0) is 9.78. The second kappa shape index (κ2) is 12.4. The number of rotatable bonds is 8. The maximum Gasteiger partial charge on any atom is 0.0651 e. The Kier molecular flexibility index (Phi) is 12.8. The molecule has 0 unspecified atom stereocenters. The third kappa shape index (κ3) is 12.4. The Morgan fingerprint density at radius 3 is 1.62 bits per heavy atom. The Hall–Kier alpha value is 0.400. The van der Waals surface area contributed by atoms with Gasteiger partial charge in [0, 0.05) is 10.7 Å². The summed E-state index contributed by atoms with van der Waals surface area (Å²) < 4.78 is 5.32. The lowest BCUT2D eigenvalue weighted by molar-refractivity contribution is 0.193. The summed E-state index contributed by atoms with van der Waals surface area (Å²) in [4.78, 5) is 0. The van der Waals surface area contributed by atoms with Crippen LogP contribution >= 0.6 is 31.9 Å². The van der Waals surface area contributed by atoms with Crippen LogP contribution in [0.1, 0.15) is 12.8 Å². The van der Waals surface area contributed by atoms with Crippen molar-refractivity contribution < 1.29 is 4.74 Å². The van der Waals surface area contributed by atoms with Gasteiger partial charge in [0.2, 0.25) is 0 Å². The fourth-order valence-electron chi connectivity index (χ4n) is 0.702. The van der Waals surface area contributed by atoms with Crippen molar-refractivity contribution in [1.29, 1.82) is 0 Å². The van der Waals surface area contributed by atoms with Crippen LogP contribution in [0.3, 0.4) is 0 Å². The fraction of sp³-hybridized carbons (Fsp3) is 0.600. The normalized spacial score (nSPS) is 11.8. The molecule has 0 aromatic heterocycles. The van der Waals surface area contributed by atoms with Crippen LogP contribution in [-0.2, 0) is 4.74 Å². The molecule has 13 heavy (non-hydrogen) atoms. The van der Waals surface area contributed by atoms with Gasteiger partial charge in [-0.1, -0.05) is 56.2 Å². The zero-order valence-electron chi connectivity index (χ0n) is 7.72. The van der Waals surface area contributed by atoms with Crippen molar-refractivity contribution >= 4 is 31.9 Å². The van der Waals surface area contributed by atoms with Gasteiger partial charge in [0.25, 0.3) is 0 Å². The summed E-state index contributed by atoms with van der Waals surface area (Å²) in [5, 5.41) is 2.04. The fourth-order valence-corrected chi connectivity index (χ4v) is 1.23. The van der Waals surface area contributed by atoms with Crippen molar-refractivity contribution in [3.63, 3.8) is 0 Å². The highest BCUT2D eigenvalue weighted by Crippen LogP contribution is 1.91. The van der Waals surface area contributed by atoms with Crippen molar-refractivity contribution in [2.75, 3.05) is 23.9 Å². The van der Waals surface area contributed by atoms with Gasteiger partial charge in [-0.3, -0.25) is 0 Å². The highest BCUT2D eigenvalue weighted by atomic mass is 79.9. The molecule has 0 saturated carbocycles. The van der Waals surface area contributed by atoms with Gasteiger partial charge in [0.15, 0.2) is 0 Å². The maximum absolute atomic E-state index is 5.32. The quantitative estimate of drug-likeness (QED) is 0.377. The molecule has 0 aliphatic carbocycles. The van der Waals surface area contributed by atoms with Gasteiger partial charge in [-0.05, 0) is 12.8 Å². The van der Waals surface area contributed by atoms with Gasteiger partial charge in [-0.2, -0.15) is 0 Å². The molecule has 0 aromatic carbocycles. The summed E-state index contributed by atoms with van der Waals surface area (Å²) in [5.74, 6) is 0. The minimum absolute atomic E-state index is 0.714. The predicted octanol–water partition coefficient (Wildman–Crippen LogP) is 3.69. The smallest absolute Gasteiger partial charge is 0.0651 e. The van der Waals surface area contributed by atoms with Gasteiger partial charge in [-0.15, -0.1) is 0 Å². The van der Waals surface area contributed by atoms with E-state index < -0.39 is 0 Å². The minimum atomic E-state index is 0.714. The number of hydrogen-bond acceptors (Lipinski definition) is 1. The van der Waals surface area contributed by atoms with Crippen LogP contribution < -0.4 is 0 Å². The van der Waals surface area contributed by atoms with E-state index in [-0.39, 0.29) is 0 Å². The lowest BCUT2D eigenvalue weighted by Crippen LogP contribution is -1.90. The van der Waals surface area contributed by atoms with E-state index in [0.717, 1.165) is 23.5 Å². The first-order valence-electron chi connectivity index (χ1n) is 4.41. The van der Waals surface area contributed by atoms with Crippen molar-refractivity contribution in [1.82, 2.24) is 0 Å². The molecule has 0 saturated heterocycles. The van der Waals surface area contributed by atoms with Crippen LogP contribution in [0.4, 0.5) is 0 Å². The third-order valence-corrected chi connectivity index (χ3v) is 2.23. The topological polar surface area (TPSA) is 9.23 Å². The van der Waals surface area contributed by atoms with Crippen molar-refractivity contribution in [2.24, 2.45) is 0 Å². The Morgan fingerprint density at radius 2 is 1.23 bits per heavy atom. The molecule has 0 radical (unpaired) electrons. The van der Waals surface area contributed by atoms with Crippen molar-refractivity contribution in [3.05, 3.63) is 24.3 Å². The van der Waals surface area contributed by atoms with Crippen LogP contribution in [0.15, 0.2) is 24.3 Å². The van der Waals surface area contributed by atoms with Crippen LogP contribution in [-0.4, -0.2) is 23.9 Å². The lowest BCUT2D eigenvalue weighted by Gasteiger charge is -1.94. The van der Waals surface area contributed by atoms with Gasteiger partial charge < -0.3 is 4.74 Å². The zero-order valence-corrected chi connectivity index (χ0v) is 10.9. The van der Waals surface area contributed by atoms with Gasteiger partial charge >= 0.3 is 0 Å². The van der Waals surface area contributed by atoms with Crippen LogP contribution in [0.5, 0.6) is 0 Å². The average Bonchev–Trinajstić information content (AvgIpc) is 2.16. The lowest BCUT2D eigenvalue weighted by atomic mass is 10.4. The second-order valence-corrected chi connectivity index (χ2v) is 4.02. The third-order valence-electron chi connectivity index (χ3n) is 1.31. The standard InChI is InChI=1S/C10H16Br2O/c11-7-3-1-5-9-13-10-6-2-4-8-12/h1-2,5-6H,3-4,7-10H2. The molecule has 3 heteroatoms. The summed E-state index contributed by atoms with van der Waals surface area (Å²) in [6, 6.07) is 0. The summed E-state index contributed by atoms with van der Waals surface area (Å²) in [6.45, 7) is 1.43. The molecular formula is C10H16Br2O. The highest BCUT2D eigenvalue weighted by molar-refractivity contribution is 9.09. The Bertz CT molecular complexity index is 128. The van der Waals surface area contributed by atoms with E-state index in [1.807, 2.05) is 0 Å². The monoisotopic (exact) mass is 310 g/mol. The van der Waals surface area contributed by atoms with E-state index in [4.69, 9.17) is 4.74 Å². The Morgan fingerprint density at radius 1 is 0.769 bits per heavy atom. The number of allylic oxidation sites excluding steroid dienone is 2. The summed E-state index contributed by atoms with van der Waals surface area (Å²) in [6.07, 6.45) is 10.5. The highest BCUT2D eigenvalue weighted by Gasteiger charge is 1.79. The molecule has 0 aliphatic heterocycles. The Balaban J connectivity index is 3.07. The van der Waals surface area contributed by atoms with Gasteiger partial charge in [-0.25, -0.2) is 0 Å². The average molecular weight is 312 g/mol. The number of alkyl halides is 2. The molecule has 76 valence electrons. The molecule has 0 heterocycles. The molecule has 0 aromatic rings. The molecule has 1 nitrogen and oxygen atoms in total. The first-order chi connectivity index (χ1) is 6.41. The van der Waals surface area contributed by atoms with Crippen molar-refractivity contribution in [2.45, 2.75) is 12.8 Å². The van der Waals surface area contributed by atoms with E-state index in [2.05, 4.69) is 56.2 Å². The van der Waals surface area contributed by atoms with E-state index in [9.17, 15) is 0 Å². The van der Waals surface area contributed by atoms with Crippen molar-refractivity contribution in [3.8, 4) is 0 Å². The van der Waals surface area contributed by atoms with E-state index in [1.54, 1.807) is 0 Å². The molecule has 0 atom stereocenters. The minimum Gasteiger partial charge on any atom is -0.373 e. The summed E-state index contributed by atoms with van der Waals surface area (Å²) in [7, 11) is 0. The molecule has 0 N–H and O–H groups in total. The first-order valence-corrected chi connectivity index (χ1v) is 6.65. The summed E-state index contributed by atoms with van der Waals surface area (Å²) in [5.41, 5.74) is 0. The molecule has 0 fully saturated rings. The first kappa shape index (κ1) is 13.4. The van der Waals surface area contributed by atoms with Gasteiger partial charge in [0.1, 0.15) is 0 Å². The SMILES string of the molecule is BrCCC=CCOCC=CCCBr. The van der Waals surface area contributed by atoms with Crippen LogP contribution in [0.2, 0.25) is 0 Å². The van der Waals surface area contributed by atoms with Crippen LogP contribution in [0, 0.1) is 0 Å². The van der Waals surface area contributed by atoms with E-state index >= 15 is 0 Å². The molecule has 0 spiro atoms.